The van der Waals surface area contributed by atoms with E-state index in [1.165, 1.54) is 0 Å². The highest BCUT2D eigenvalue weighted by atomic mass is 35.5. The summed E-state index contributed by atoms with van der Waals surface area (Å²) in [5, 5.41) is 13.5. The van der Waals surface area contributed by atoms with Gasteiger partial charge in [0.2, 0.25) is 5.82 Å². The van der Waals surface area contributed by atoms with Crippen molar-refractivity contribution < 1.29 is 14.5 Å². The van der Waals surface area contributed by atoms with E-state index < -0.39 is 0 Å². The average molecular weight is 474 g/mol. The zero-order chi connectivity index (χ0) is 22.8. The summed E-state index contributed by atoms with van der Waals surface area (Å²) in [5.41, 5.74) is 2.48. The van der Waals surface area contributed by atoms with Gasteiger partial charge in [-0.1, -0.05) is 55.2 Å². The summed E-state index contributed by atoms with van der Waals surface area (Å²) < 4.78 is 7.07. The molecule has 0 unspecified atom stereocenters. The number of aliphatic hydroxyl groups is 1. The molecule has 4 aromatic rings. The van der Waals surface area contributed by atoms with Crippen LogP contribution in [0, 0.1) is 0 Å². The van der Waals surface area contributed by atoms with E-state index in [0.29, 0.717) is 44.8 Å². The van der Waals surface area contributed by atoms with Crippen LogP contribution in [0.25, 0.3) is 16.7 Å². The van der Waals surface area contributed by atoms with Crippen molar-refractivity contribution in [3.05, 3.63) is 79.9 Å². The van der Waals surface area contributed by atoms with Gasteiger partial charge in [-0.25, -0.2) is 5.10 Å². The highest BCUT2D eigenvalue weighted by molar-refractivity contribution is 6.37. The van der Waals surface area contributed by atoms with Crippen molar-refractivity contribution in [1.82, 2.24) is 15.1 Å². The second-order valence-corrected chi connectivity index (χ2v) is 8.50. The van der Waals surface area contributed by atoms with Crippen LogP contribution in [-0.4, -0.2) is 33.4 Å². The molecule has 0 saturated carbocycles. The summed E-state index contributed by atoms with van der Waals surface area (Å²) >= 11 is 12.9. The number of nitrogens with one attached hydrogen (secondary N) is 2. The SMILES string of the molecule is CC(C)c1[nH][n+](-c2c(Cl)cccc2Cl)c2nc(Cc3ccc(OCCO)cc3)[nH]c(=O)c12. The maximum Gasteiger partial charge on any atom is 0.363 e. The Morgan fingerprint density at radius 2 is 1.81 bits per heavy atom. The predicted octanol–water partition coefficient (Wildman–Crippen LogP) is 3.92. The highest BCUT2D eigenvalue weighted by Gasteiger charge is 2.28. The molecule has 0 saturated heterocycles. The lowest BCUT2D eigenvalue weighted by molar-refractivity contribution is -0.632. The third-order valence-electron chi connectivity index (χ3n) is 5.06. The number of aliphatic hydroxyl groups excluding tert-OH is 1. The minimum atomic E-state index is -0.227. The van der Waals surface area contributed by atoms with Gasteiger partial charge < -0.3 is 9.84 Å². The number of aromatic amines is 2. The molecule has 0 spiro atoms. The molecule has 4 rings (SSSR count). The predicted molar refractivity (Wildman–Crippen MR) is 124 cm³/mol. The van der Waals surface area contributed by atoms with Gasteiger partial charge in [0.15, 0.2) is 11.1 Å². The maximum atomic E-state index is 13.1. The molecule has 166 valence electrons. The standard InChI is InChI=1S/C23H22Cl2N4O3/c1-13(2)20-19-22(29(28-20)21-16(24)4-3-5-17(21)25)26-18(27-23(19)31)12-14-6-8-15(9-7-14)32-11-10-30/h3-9,13,30H,10-12H2,1-2H3,(H,26,27,28,31)/p+1. The van der Waals surface area contributed by atoms with Crippen molar-refractivity contribution in [3.8, 4) is 11.4 Å². The number of para-hydroxylation sites is 1. The summed E-state index contributed by atoms with van der Waals surface area (Å²) in [6.45, 7) is 4.19. The van der Waals surface area contributed by atoms with Crippen LogP contribution < -0.4 is 15.0 Å². The van der Waals surface area contributed by atoms with E-state index in [-0.39, 0.29) is 24.7 Å². The third kappa shape index (κ3) is 4.37. The number of hydrogen-bond acceptors (Lipinski definition) is 4. The number of halogens is 2. The van der Waals surface area contributed by atoms with Gasteiger partial charge in [0.25, 0.3) is 5.56 Å². The highest BCUT2D eigenvalue weighted by Crippen LogP contribution is 2.27. The number of ether oxygens (including phenoxy) is 1. The zero-order valence-corrected chi connectivity index (χ0v) is 19.2. The Balaban J connectivity index is 1.81. The zero-order valence-electron chi connectivity index (χ0n) is 17.7. The van der Waals surface area contributed by atoms with E-state index in [1.54, 1.807) is 22.9 Å². The van der Waals surface area contributed by atoms with Crippen LogP contribution >= 0.6 is 23.2 Å². The van der Waals surface area contributed by atoms with Crippen LogP contribution in [0.1, 0.15) is 36.8 Å². The van der Waals surface area contributed by atoms with Crippen LogP contribution in [0.2, 0.25) is 10.0 Å². The Labute approximate surface area is 194 Å². The van der Waals surface area contributed by atoms with Gasteiger partial charge in [0.1, 0.15) is 12.4 Å². The van der Waals surface area contributed by atoms with Gasteiger partial charge in [-0.3, -0.25) is 9.78 Å². The van der Waals surface area contributed by atoms with Gasteiger partial charge >= 0.3 is 5.65 Å². The van der Waals surface area contributed by atoms with Crippen molar-refractivity contribution in [3.63, 3.8) is 0 Å². The van der Waals surface area contributed by atoms with Crippen molar-refractivity contribution in [2.45, 2.75) is 26.2 Å². The Bertz CT molecular complexity index is 1290. The summed E-state index contributed by atoms with van der Waals surface area (Å²) in [6, 6.07) is 12.7. The fraction of sp³-hybridized carbons (Fsp3) is 0.261. The number of benzene rings is 2. The monoisotopic (exact) mass is 473 g/mol. The molecule has 0 atom stereocenters. The molecule has 0 aliphatic rings. The molecular weight excluding hydrogens is 451 g/mol. The molecule has 2 heterocycles. The summed E-state index contributed by atoms with van der Waals surface area (Å²) in [7, 11) is 0. The Morgan fingerprint density at radius 1 is 1.12 bits per heavy atom. The first-order valence-corrected chi connectivity index (χ1v) is 11.0. The largest absolute Gasteiger partial charge is 0.491 e. The van der Waals surface area contributed by atoms with E-state index in [1.807, 2.05) is 38.1 Å². The van der Waals surface area contributed by atoms with Crippen molar-refractivity contribution in [1.29, 1.82) is 0 Å². The molecule has 0 bridgehead atoms. The summed E-state index contributed by atoms with van der Waals surface area (Å²) in [4.78, 5) is 20.7. The molecule has 3 N–H and O–H groups in total. The molecule has 9 heteroatoms. The van der Waals surface area contributed by atoms with Gasteiger partial charge in [-0.15, -0.1) is 4.68 Å². The molecule has 0 amide bonds. The van der Waals surface area contributed by atoms with E-state index in [0.717, 1.165) is 11.3 Å². The topological polar surface area (TPSA) is 94.9 Å². The number of nitrogens with zero attached hydrogens (tertiary/aromatic N) is 2. The van der Waals surface area contributed by atoms with Crippen molar-refractivity contribution >= 4 is 34.2 Å². The van der Waals surface area contributed by atoms with Crippen LogP contribution in [0.15, 0.2) is 47.3 Å². The number of fused-ring (bicyclic) bond motifs is 1. The number of rotatable bonds is 7. The third-order valence-corrected chi connectivity index (χ3v) is 5.67. The van der Waals surface area contributed by atoms with Gasteiger partial charge in [-0.2, -0.15) is 0 Å². The first-order valence-electron chi connectivity index (χ1n) is 10.2. The van der Waals surface area contributed by atoms with E-state index >= 15 is 0 Å². The summed E-state index contributed by atoms with van der Waals surface area (Å²) in [5.74, 6) is 1.23. The molecule has 0 fully saturated rings. The fourth-order valence-corrected chi connectivity index (χ4v) is 4.13. The van der Waals surface area contributed by atoms with Gasteiger partial charge in [-0.05, 0) is 40.7 Å². The Morgan fingerprint density at radius 3 is 2.44 bits per heavy atom. The molecule has 0 aliphatic heterocycles. The number of hydrogen-bond donors (Lipinski definition) is 3. The van der Waals surface area contributed by atoms with Gasteiger partial charge in [0.05, 0.1) is 28.8 Å². The van der Waals surface area contributed by atoms with Crippen LogP contribution in [0.4, 0.5) is 0 Å². The van der Waals surface area contributed by atoms with E-state index in [2.05, 4.69) is 10.1 Å². The lowest BCUT2D eigenvalue weighted by Gasteiger charge is -2.05. The molecule has 0 aliphatic carbocycles. The number of H-pyrrole nitrogens is 2. The maximum absolute atomic E-state index is 13.1. The van der Waals surface area contributed by atoms with Crippen LogP contribution in [0.3, 0.4) is 0 Å². The molecule has 0 radical (unpaired) electrons. The fourth-order valence-electron chi connectivity index (χ4n) is 3.57. The molecule has 7 nitrogen and oxygen atoms in total. The lowest BCUT2D eigenvalue weighted by Crippen LogP contribution is -2.35. The van der Waals surface area contributed by atoms with E-state index in [9.17, 15) is 4.79 Å². The van der Waals surface area contributed by atoms with Crippen LogP contribution in [-0.2, 0) is 6.42 Å². The first kappa shape index (κ1) is 22.3. The lowest BCUT2D eigenvalue weighted by atomic mass is 10.1. The average Bonchev–Trinajstić information content (AvgIpc) is 3.13. The van der Waals surface area contributed by atoms with E-state index in [4.69, 9.17) is 38.0 Å². The summed E-state index contributed by atoms with van der Waals surface area (Å²) in [6.07, 6.45) is 0.421. The smallest absolute Gasteiger partial charge is 0.363 e. The quantitative estimate of drug-likeness (QED) is 0.354. The molecule has 32 heavy (non-hydrogen) atoms. The van der Waals surface area contributed by atoms with Crippen molar-refractivity contribution in [2.24, 2.45) is 0 Å². The van der Waals surface area contributed by atoms with Crippen LogP contribution in [0.5, 0.6) is 5.75 Å². The first-order chi connectivity index (χ1) is 15.4. The minimum absolute atomic E-state index is 0.0442. The van der Waals surface area contributed by atoms with Gasteiger partial charge in [0, 0.05) is 0 Å². The Kier molecular flexibility index (Phi) is 6.50. The second kappa shape index (κ2) is 9.32. The van der Waals surface area contributed by atoms with Crippen molar-refractivity contribution in [2.75, 3.05) is 13.2 Å². The second-order valence-electron chi connectivity index (χ2n) is 7.69. The normalized spacial score (nSPS) is 11.4. The molecular formula is C23H23Cl2N4O3+. The molecule has 2 aromatic carbocycles. The minimum Gasteiger partial charge on any atom is -0.491 e. The molecule has 2 aromatic heterocycles. The number of aromatic nitrogens is 4. The Hall–Kier alpha value is -2.87.